The molecule has 3 aliphatic carbocycles. The number of hydrogen-bond acceptors (Lipinski definition) is 0. The quantitative estimate of drug-likeness (QED) is 0.447. The molecule has 0 aliphatic heterocycles. The first-order valence-electron chi connectivity index (χ1n) is 4.63. The van der Waals surface area contributed by atoms with Crippen LogP contribution in [0.4, 0.5) is 0 Å². The second-order valence-corrected chi connectivity index (χ2v) is 4.20. The minimum atomic E-state index is 1.01. The van der Waals surface area contributed by atoms with Crippen molar-refractivity contribution in [2.75, 3.05) is 0 Å². The average Bonchev–Trinajstić information content (AvgIpc) is 2.56. The fraction of sp³-hybridized carbons (Fsp3) is 0.800. The Balaban J connectivity index is 2.01. The molecule has 0 amide bonds. The first kappa shape index (κ1) is 5.40. The fourth-order valence-electron chi connectivity index (χ4n) is 3.48. The molecule has 2 saturated carbocycles. The van der Waals surface area contributed by atoms with Gasteiger partial charge in [0.15, 0.2) is 0 Å². The summed E-state index contributed by atoms with van der Waals surface area (Å²) in [6.45, 7) is 0. The Morgan fingerprint density at radius 3 is 2.00 bits per heavy atom. The molecule has 0 N–H and O–H groups in total. The van der Waals surface area contributed by atoms with Gasteiger partial charge in [-0.2, -0.15) is 0 Å². The third kappa shape index (κ3) is 0.492. The van der Waals surface area contributed by atoms with Crippen molar-refractivity contribution in [1.29, 1.82) is 0 Å². The second-order valence-electron chi connectivity index (χ2n) is 4.20. The topological polar surface area (TPSA) is 0 Å². The molecule has 3 rings (SSSR count). The van der Waals surface area contributed by atoms with Crippen LogP contribution in [0.15, 0.2) is 12.2 Å². The lowest BCUT2D eigenvalue weighted by Gasteiger charge is -2.13. The van der Waals surface area contributed by atoms with Gasteiger partial charge in [0.25, 0.3) is 0 Å². The van der Waals surface area contributed by atoms with Crippen molar-refractivity contribution in [3.05, 3.63) is 12.2 Å². The van der Waals surface area contributed by atoms with E-state index in [2.05, 4.69) is 12.2 Å². The summed E-state index contributed by atoms with van der Waals surface area (Å²) in [4.78, 5) is 0. The monoisotopic (exact) mass is 134 g/mol. The Morgan fingerprint density at radius 2 is 1.40 bits per heavy atom. The van der Waals surface area contributed by atoms with E-state index in [0.29, 0.717) is 0 Å². The molecule has 10 heavy (non-hydrogen) atoms. The summed E-state index contributed by atoms with van der Waals surface area (Å²) in [6, 6.07) is 0. The van der Waals surface area contributed by atoms with Crippen LogP contribution in [-0.4, -0.2) is 0 Å². The van der Waals surface area contributed by atoms with E-state index >= 15 is 0 Å². The minimum Gasteiger partial charge on any atom is -0.0848 e. The molecule has 0 nitrogen and oxygen atoms in total. The van der Waals surface area contributed by atoms with E-state index in [-0.39, 0.29) is 0 Å². The highest BCUT2D eigenvalue weighted by atomic mass is 14.5. The van der Waals surface area contributed by atoms with Crippen LogP contribution in [0.1, 0.15) is 25.7 Å². The Labute approximate surface area is 62.3 Å². The van der Waals surface area contributed by atoms with Gasteiger partial charge in [-0.25, -0.2) is 0 Å². The zero-order valence-electron chi connectivity index (χ0n) is 6.29. The SMILES string of the molecule is C1=CC2CCC3CCC1C23. The molecular weight excluding hydrogens is 120 g/mol. The summed E-state index contributed by atoms with van der Waals surface area (Å²) in [5, 5.41) is 0. The standard InChI is InChI=1S/C10H14/c1-2-8-5-6-9-4-3-7(1)10(8)9/h1-2,7-10H,3-6H2. The highest BCUT2D eigenvalue weighted by Gasteiger charge is 2.45. The molecule has 2 fully saturated rings. The van der Waals surface area contributed by atoms with Gasteiger partial charge in [0.1, 0.15) is 0 Å². The molecule has 2 unspecified atom stereocenters. The Morgan fingerprint density at radius 1 is 0.800 bits per heavy atom. The van der Waals surface area contributed by atoms with E-state index in [9.17, 15) is 0 Å². The van der Waals surface area contributed by atoms with Crippen molar-refractivity contribution < 1.29 is 0 Å². The largest absolute Gasteiger partial charge is 0.0848 e. The molecule has 0 radical (unpaired) electrons. The molecule has 0 aromatic heterocycles. The molecule has 0 aromatic carbocycles. The second kappa shape index (κ2) is 1.66. The van der Waals surface area contributed by atoms with E-state index < -0.39 is 0 Å². The first-order chi connectivity index (χ1) is 4.95. The molecule has 0 heteroatoms. The molecule has 54 valence electrons. The van der Waals surface area contributed by atoms with Crippen LogP contribution in [0, 0.1) is 23.7 Å². The van der Waals surface area contributed by atoms with E-state index in [1.807, 2.05) is 0 Å². The lowest BCUT2D eigenvalue weighted by Crippen LogP contribution is -2.08. The molecule has 0 bridgehead atoms. The van der Waals surface area contributed by atoms with Gasteiger partial charge in [0, 0.05) is 0 Å². The van der Waals surface area contributed by atoms with Crippen LogP contribution in [0.2, 0.25) is 0 Å². The van der Waals surface area contributed by atoms with Gasteiger partial charge < -0.3 is 0 Å². The van der Waals surface area contributed by atoms with Crippen LogP contribution in [-0.2, 0) is 0 Å². The van der Waals surface area contributed by atoms with Gasteiger partial charge in [0.2, 0.25) is 0 Å². The molecule has 2 atom stereocenters. The summed E-state index contributed by atoms with van der Waals surface area (Å²) in [5.74, 6) is 4.26. The Bertz CT molecular complexity index is 162. The number of hydrogen-bond donors (Lipinski definition) is 0. The number of allylic oxidation sites excluding steroid dienone is 2. The smallest absolute Gasteiger partial charge is 0.0197 e. The van der Waals surface area contributed by atoms with Crippen LogP contribution in [0.3, 0.4) is 0 Å². The van der Waals surface area contributed by atoms with E-state index in [0.717, 1.165) is 23.7 Å². The van der Waals surface area contributed by atoms with Crippen molar-refractivity contribution in [3.8, 4) is 0 Å². The third-order valence-corrected chi connectivity index (χ3v) is 3.88. The highest BCUT2D eigenvalue weighted by molar-refractivity contribution is 5.13. The van der Waals surface area contributed by atoms with Crippen LogP contribution in [0.25, 0.3) is 0 Å². The van der Waals surface area contributed by atoms with Crippen molar-refractivity contribution in [1.82, 2.24) is 0 Å². The number of rotatable bonds is 0. The summed E-state index contributed by atoms with van der Waals surface area (Å²) < 4.78 is 0. The highest BCUT2D eigenvalue weighted by Crippen LogP contribution is 2.54. The van der Waals surface area contributed by atoms with Crippen LogP contribution >= 0.6 is 0 Å². The van der Waals surface area contributed by atoms with Gasteiger partial charge in [-0.05, 0) is 49.4 Å². The molecular formula is C10H14. The van der Waals surface area contributed by atoms with Crippen LogP contribution < -0.4 is 0 Å². The van der Waals surface area contributed by atoms with Gasteiger partial charge in [0.05, 0.1) is 0 Å². The van der Waals surface area contributed by atoms with Gasteiger partial charge in [-0.15, -0.1) is 0 Å². The molecule has 3 aliphatic rings. The zero-order valence-corrected chi connectivity index (χ0v) is 6.29. The van der Waals surface area contributed by atoms with Crippen molar-refractivity contribution in [2.24, 2.45) is 23.7 Å². The van der Waals surface area contributed by atoms with Gasteiger partial charge >= 0.3 is 0 Å². The minimum absolute atomic E-state index is 1.01. The zero-order chi connectivity index (χ0) is 6.55. The van der Waals surface area contributed by atoms with Gasteiger partial charge in [-0.3, -0.25) is 0 Å². The van der Waals surface area contributed by atoms with Crippen molar-refractivity contribution >= 4 is 0 Å². The van der Waals surface area contributed by atoms with Crippen molar-refractivity contribution in [2.45, 2.75) is 25.7 Å². The maximum absolute atomic E-state index is 2.49. The predicted molar refractivity (Wildman–Crippen MR) is 41.6 cm³/mol. The molecule has 0 saturated heterocycles. The maximum atomic E-state index is 2.49. The molecule has 0 spiro atoms. The Hall–Kier alpha value is -0.260. The molecule has 0 aromatic rings. The van der Waals surface area contributed by atoms with E-state index in [4.69, 9.17) is 0 Å². The maximum Gasteiger partial charge on any atom is -0.0197 e. The van der Waals surface area contributed by atoms with E-state index in [1.54, 1.807) is 0 Å². The lowest BCUT2D eigenvalue weighted by molar-refractivity contribution is 0.376. The fourth-order valence-corrected chi connectivity index (χ4v) is 3.48. The normalized spacial score (nSPS) is 56.0. The van der Waals surface area contributed by atoms with E-state index in [1.165, 1.54) is 25.7 Å². The van der Waals surface area contributed by atoms with Gasteiger partial charge in [-0.1, -0.05) is 12.2 Å². The predicted octanol–water partition coefficient (Wildman–Crippen LogP) is 2.61. The third-order valence-electron chi connectivity index (χ3n) is 3.88. The summed E-state index contributed by atoms with van der Waals surface area (Å²) >= 11 is 0. The van der Waals surface area contributed by atoms with Crippen molar-refractivity contribution in [3.63, 3.8) is 0 Å². The molecule has 0 heterocycles. The summed E-state index contributed by atoms with van der Waals surface area (Å²) in [5.41, 5.74) is 0. The average molecular weight is 134 g/mol. The van der Waals surface area contributed by atoms with Crippen LogP contribution in [0.5, 0.6) is 0 Å². The Kier molecular flexibility index (Phi) is 0.898. The lowest BCUT2D eigenvalue weighted by atomic mass is 9.91. The summed E-state index contributed by atoms with van der Waals surface area (Å²) in [7, 11) is 0. The first-order valence-corrected chi connectivity index (χ1v) is 4.63. The summed E-state index contributed by atoms with van der Waals surface area (Å²) in [6.07, 6.45) is 11.1.